The average Bonchev–Trinajstić information content (AvgIpc) is 3.19. The summed E-state index contributed by atoms with van der Waals surface area (Å²) >= 11 is 0. The molecule has 0 bridgehead atoms. The van der Waals surface area contributed by atoms with E-state index in [0.29, 0.717) is 31.9 Å². The Morgan fingerprint density at radius 1 is 1.26 bits per heavy atom. The minimum absolute atomic E-state index is 0.191. The molecule has 8 nitrogen and oxygen atoms in total. The van der Waals surface area contributed by atoms with Crippen molar-refractivity contribution in [3.63, 3.8) is 0 Å². The van der Waals surface area contributed by atoms with Gasteiger partial charge in [0.1, 0.15) is 12.2 Å². The van der Waals surface area contributed by atoms with Crippen molar-refractivity contribution in [2.45, 2.75) is 31.7 Å². The van der Waals surface area contributed by atoms with Crippen molar-refractivity contribution in [2.75, 3.05) is 19.3 Å². The van der Waals surface area contributed by atoms with Crippen LogP contribution < -0.4 is 5.69 Å². The lowest BCUT2D eigenvalue weighted by atomic mass is 10.0. The van der Waals surface area contributed by atoms with Crippen LogP contribution in [0.3, 0.4) is 0 Å². The van der Waals surface area contributed by atoms with Crippen molar-refractivity contribution in [1.82, 2.24) is 18.7 Å². The average molecular weight is 390 g/mol. The minimum atomic E-state index is -3.26. The lowest BCUT2D eigenvalue weighted by molar-refractivity contribution is -0.0800. The van der Waals surface area contributed by atoms with Gasteiger partial charge in [0.25, 0.3) is 0 Å². The largest absolute Gasteiger partial charge is 0.364 e. The third kappa shape index (κ3) is 3.62. The van der Waals surface area contributed by atoms with Crippen LogP contribution in [0.2, 0.25) is 0 Å². The van der Waals surface area contributed by atoms with E-state index in [9.17, 15) is 13.2 Å². The summed E-state index contributed by atoms with van der Waals surface area (Å²) in [7, 11) is -3.26. The predicted octanol–water partition coefficient (Wildman–Crippen LogP) is 0.692. The number of hydrogen-bond acceptors (Lipinski definition) is 5. The molecule has 144 valence electrons. The lowest BCUT2D eigenvalue weighted by Gasteiger charge is -2.33. The fourth-order valence-corrected chi connectivity index (χ4v) is 4.51. The van der Waals surface area contributed by atoms with Crippen LogP contribution in [-0.2, 0) is 34.5 Å². The van der Waals surface area contributed by atoms with Gasteiger partial charge in [-0.05, 0) is 12.0 Å². The monoisotopic (exact) mass is 390 g/mol. The first-order chi connectivity index (χ1) is 12.9. The van der Waals surface area contributed by atoms with E-state index in [1.807, 2.05) is 42.5 Å². The Hall–Kier alpha value is -2.23. The number of fused-ring (bicyclic) bond motifs is 1. The molecule has 3 heterocycles. The highest BCUT2D eigenvalue weighted by molar-refractivity contribution is 7.88. The Balaban J connectivity index is 1.51. The van der Waals surface area contributed by atoms with Gasteiger partial charge in [0.05, 0.1) is 19.3 Å². The highest BCUT2D eigenvalue weighted by atomic mass is 32.2. The van der Waals surface area contributed by atoms with Crippen molar-refractivity contribution in [3.05, 3.63) is 58.3 Å². The molecular weight excluding hydrogens is 368 g/mol. The van der Waals surface area contributed by atoms with Crippen molar-refractivity contribution < 1.29 is 13.2 Å². The van der Waals surface area contributed by atoms with E-state index in [2.05, 4.69) is 5.10 Å². The van der Waals surface area contributed by atoms with Crippen LogP contribution in [0, 0.1) is 0 Å². The molecule has 2 aliphatic rings. The van der Waals surface area contributed by atoms with Crippen LogP contribution in [0.1, 0.15) is 17.8 Å². The van der Waals surface area contributed by atoms with Gasteiger partial charge in [-0.2, -0.15) is 9.40 Å². The Bertz CT molecular complexity index is 1030. The van der Waals surface area contributed by atoms with Gasteiger partial charge >= 0.3 is 5.69 Å². The molecule has 27 heavy (non-hydrogen) atoms. The summed E-state index contributed by atoms with van der Waals surface area (Å²) in [5, 5.41) is 4.36. The molecule has 1 aromatic carbocycles. The normalized spacial score (nSPS) is 23.3. The maximum absolute atomic E-state index is 12.7. The molecular formula is C18H22N4O4S. The molecule has 1 spiro atoms. The summed E-state index contributed by atoms with van der Waals surface area (Å²) in [5.41, 5.74) is 0.222. The number of hydrogen-bond donors (Lipinski definition) is 0. The molecule has 1 saturated heterocycles. The van der Waals surface area contributed by atoms with E-state index in [0.717, 1.165) is 5.56 Å². The standard InChI is InChI=1S/C18H22N4O4S/c1-27(24,25)20-11-9-18(13-20)14-21-16(12-26-18)19-22(17(21)23)10-5-8-15-6-3-2-4-7-15/h2-8H,9-14H2,1H3. The van der Waals surface area contributed by atoms with Crippen LogP contribution in [0.4, 0.5) is 0 Å². The predicted molar refractivity (Wildman–Crippen MR) is 101 cm³/mol. The zero-order valence-corrected chi connectivity index (χ0v) is 15.9. The summed E-state index contributed by atoms with van der Waals surface area (Å²) in [6, 6.07) is 9.85. The van der Waals surface area contributed by atoms with Gasteiger partial charge in [-0.25, -0.2) is 17.9 Å². The molecule has 2 aliphatic heterocycles. The van der Waals surface area contributed by atoms with Crippen molar-refractivity contribution in [1.29, 1.82) is 0 Å². The Morgan fingerprint density at radius 3 is 2.74 bits per heavy atom. The molecule has 9 heteroatoms. The van der Waals surface area contributed by atoms with E-state index in [1.165, 1.54) is 15.2 Å². The SMILES string of the molecule is CS(=O)(=O)N1CCC2(C1)Cn1c(nn(CC=Cc3ccccc3)c1=O)CO2. The van der Waals surface area contributed by atoms with Crippen LogP contribution >= 0.6 is 0 Å². The molecule has 0 N–H and O–H groups in total. The lowest BCUT2D eigenvalue weighted by Crippen LogP contribution is -2.47. The molecule has 1 fully saturated rings. The van der Waals surface area contributed by atoms with Crippen molar-refractivity contribution in [2.24, 2.45) is 0 Å². The molecule has 1 aromatic heterocycles. The second-order valence-corrected chi connectivity index (χ2v) is 9.08. The first-order valence-corrected chi connectivity index (χ1v) is 10.7. The van der Waals surface area contributed by atoms with Crippen molar-refractivity contribution >= 4 is 16.1 Å². The van der Waals surface area contributed by atoms with Crippen LogP contribution in [-0.4, -0.2) is 52.0 Å². The summed E-state index contributed by atoms with van der Waals surface area (Å²) < 4.78 is 34.0. The summed E-state index contributed by atoms with van der Waals surface area (Å²) in [6.45, 7) is 1.60. The number of aromatic nitrogens is 3. The summed E-state index contributed by atoms with van der Waals surface area (Å²) in [6.07, 6.45) is 5.62. The van der Waals surface area contributed by atoms with E-state index in [1.54, 1.807) is 4.57 Å². The molecule has 0 amide bonds. The van der Waals surface area contributed by atoms with Gasteiger partial charge in [0.2, 0.25) is 10.0 Å². The van der Waals surface area contributed by atoms with Gasteiger partial charge in [-0.15, -0.1) is 0 Å². The number of benzene rings is 1. The molecule has 0 saturated carbocycles. The zero-order valence-electron chi connectivity index (χ0n) is 15.1. The van der Waals surface area contributed by atoms with E-state index >= 15 is 0 Å². The Morgan fingerprint density at radius 2 is 2.04 bits per heavy atom. The molecule has 4 rings (SSSR count). The fraction of sp³-hybridized carbons (Fsp3) is 0.444. The van der Waals surface area contributed by atoms with E-state index in [-0.39, 0.29) is 18.8 Å². The second-order valence-electron chi connectivity index (χ2n) is 7.10. The topological polar surface area (TPSA) is 86.4 Å². The highest BCUT2D eigenvalue weighted by Gasteiger charge is 2.45. The third-order valence-corrected chi connectivity index (χ3v) is 6.34. The van der Waals surface area contributed by atoms with Crippen LogP contribution in [0.25, 0.3) is 6.08 Å². The molecule has 2 aromatic rings. The smallest absolute Gasteiger partial charge is 0.346 e. The van der Waals surface area contributed by atoms with Gasteiger partial charge in [-0.3, -0.25) is 4.57 Å². The van der Waals surface area contributed by atoms with E-state index in [4.69, 9.17) is 4.74 Å². The van der Waals surface area contributed by atoms with Gasteiger partial charge in [0, 0.05) is 13.1 Å². The number of rotatable bonds is 4. The van der Waals surface area contributed by atoms with E-state index < -0.39 is 15.6 Å². The second kappa shape index (κ2) is 6.74. The van der Waals surface area contributed by atoms with Gasteiger partial charge in [-0.1, -0.05) is 42.5 Å². The number of allylic oxidation sites excluding steroid dienone is 1. The quantitative estimate of drug-likeness (QED) is 0.767. The van der Waals surface area contributed by atoms with Gasteiger partial charge in [0.15, 0.2) is 5.82 Å². The number of ether oxygens (including phenoxy) is 1. The third-order valence-electron chi connectivity index (χ3n) is 5.09. The highest BCUT2D eigenvalue weighted by Crippen LogP contribution is 2.32. The number of nitrogens with zero attached hydrogens (tertiary/aromatic N) is 4. The molecule has 1 atom stereocenters. The molecule has 0 radical (unpaired) electrons. The maximum atomic E-state index is 12.7. The van der Waals surface area contributed by atoms with Gasteiger partial charge < -0.3 is 4.74 Å². The minimum Gasteiger partial charge on any atom is -0.364 e. The van der Waals surface area contributed by atoms with Crippen LogP contribution in [0.5, 0.6) is 0 Å². The molecule has 1 unspecified atom stereocenters. The first kappa shape index (κ1) is 18.1. The maximum Gasteiger partial charge on any atom is 0.346 e. The number of sulfonamides is 1. The van der Waals surface area contributed by atoms with Crippen LogP contribution in [0.15, 0.2) is 41.2 Å². The Kier molecular flexibility index (Phi) is 4.53. The zero-order chi connectivity index (χ0) is 19.1. The van der Waals surface area contributed by atoms with Crippen molar-refractivity contribution in [3.8, 4) is 0 Å². The Labute approximate surface area is 157 Å². The summed E-state index contributed by atoms with van der Waals surface area (Å²) in [5.74, 6) is 0.580. The summed E-state index contributed by atoms with van der Waals surface area (Å²) in [4.78, 5) is 12.7. The fourth-order valence-electron chi connectivity index (χ4n) is 3.61. The first-order valence-electron chi connectivity index (χ1n) is 8.84. The molecule has 0 aliphatic carbocycles.